The molecule has 0 N–H and O–H groups in total. The Morgan fingerprint density at radius 3 is 2.55 bits per heavy atom. The van der Waals surface area contributed by atoms with Gasteiger partial charge in [-0.15, -0.1) is 0 Å². The van der Waals surface area contributed by atoms with Crippen LogP contribution < -0.4 is 4.74 Å². The number of hydrogen-bond donors (Lipinski definition) is 0. The molecule has 0 aromatic heterocycles. The molecule has 2 aliphatic carbocycles. The maximum absolute atomic E-state index is 13.3. The van der Waals surface area contributed by atoms with Crippen molar-refractivity contribution in [1.82, 2.24) is 4.90 Å². The third-order valence-electron chi connectivity index (χ3n) is 9.12. The number of nitrogens with zero attached hydrogens (tertiary/aromatic N) is 1. The predicted molar refractivity (Wildman–Crippen MR) is 118 cm³/mol. The summed E-state index contributed by atoms with van der Waals surface area (Å²) >= 11 is 0. The number of aryl methyl sites for hydroxylation is 1. The first-order valence-corrected chi connectivity index (χ1v) is 12.6. The predicted octanol–water partition coefficient (Wildman–Crippen LogP) is 4.54. The standard InChI is InChI=1S/C26H33NO6/c1-15-9-17-14-27-23(28)33-24-12-19-22(32-25(30-19)7-5-4-6-8-25)20(13-24)31-26(24,27)11-16(2)21(17)18(10-15)29-3/h9-10,16,19-20,22H,4-8,11-14H2,1-3H3/t16-,19-,20-,22-,24+,26?/m1/s1. The van der Waals surface area contributed by atoms with Crippen LogP contribution in [0.3, 0.4) is 0 Å². The van der Waals surface area contributed by atoms with Crippen LogP contribution in [0.2, 0.25) is 0 Å². The summed E-state index contributed by atoms with van der Waals surface area (Å²) in [5.74, 6) is 0.574. The van der Waals surface area contributed by atoms with Gasteiger partial charge < -0.3 is 23.7 Å². The van der Waals surface area contributed by atoms with Gasteiger partial charge >= 0.3 is 6.09 Å². The van der Waals surface area contributed by atoms with Crippen molar-refractivity contribution in [3.8, 4) is 5.75 Å². The van der Waals surface area contributed by atoms with E-state index in [1.54, 1.807) is 7.11 Å². The molecule has 0 radical (unpaired) electrons. The summed E-state index contributed by atoms with van der Waals surface area (Å²) in [6.45, 7) is 4.74. The van der Waals surface area contributed by atoms with Crippen LogP contribution in [-0.2, 0) is 25.5 Å². The molecule has 7 rings (SSSR count). The summed E-state index contributed by atoms with van der Waals surface area (Å²) in [6, 6.07) is 4.25. The van der Waals surface area contributed by atoms with E-state index in [9.17, 15) is 4.79 Å². The molecule has 1 amide bonds. The van der Waals surface area contributed by atoms with Crippen LogP contribution in [0.25, 0.3) is 0 Å². The molecule has 1 aromatic rings. The van der Waals surface area contributed by atoms with Gasteiger partial charge in [0.1, 0.15) is 11.9 Å². The largest absolute Gasteiger partial charge is 0.496 e. The van der Waals surface area contributed by atoms with Crippen LogP contribution in [0.1, 0.15) is 80.9 Å². The fourth-order valence-electron chi connectivity index (χ4n) is 7.89. The van der Waals surface area contributed by atoms with Crippen molar-refractivity contribution < 1.29 is 28.5 Å². The van der Waals surface area contributed by atoms with Gasteiger partial charge in [0.15, 0.2) is 17.1 Å². The molecule has 3 spiro atoms. The van der Waals surface area contributed by atoms with E-state index in [0.29, 0.717) is 25.8 Å². The van der Waals surface area contributed by atoms with Crippen LogP contribution in [0.5, 0.6) is 5.75 Å². The number of rotatable bonds is 1. The van der Waals surface area contributed by atoms with Gasteiger partial charge in [0.25, 0.3) is 0 Å². The number of carbonyl (C=O) groups is 1. The average molecular weight is 456 g/mol. The number of carbonyl (C=O) groups excluding carboxylic acids is 1. The average Bonchev–Trinajstić information content (AvgIpc) is 3.28. The smallest absolute Gasteiger partial charge is 0.413 e. The zero-order chi connectivity index (χ0) is 22.6. The Kier molecular flexibility index (Phi) is 4.13. The number of methoxy groups -OCH3 is 1. The molecular weight excluding hydrogens is 422 g/mol. The Labute approximate surface area is 194 Å². The molecule has 2 saturated carbocycles. The van der Waals surface area contributed by atoms with E-state index in [1.807, 2.05) is 4.90 Å². The van der Waals surface area contributed by atoms with E-state index in [2.05, 4.69) is 26.0 Å². The summed E-state index contributed by atoms with van der Waals surface area (Å²) in [7, 11) is 1.72. The summed E-state index contributed by atoms with van der Waals surface area (Å²) in [5.41, 5.74) is 1.91. The van der Waals surface area contributed by atoms with E-state index < -0.39 is 17.1 Å². The highest BCUT2D eigenvalue weighted by atomic mass is 16.8. The maximum Gasteiger partial charge on any atom is 0.413 e. The van der Waals surface area contributed by atoms with E-state index in [1.165, 1.54) is 12.0 Å². The number of hydrogen-bond acceptors (Lipinski definition) is 6. The van der Waals surface area contributed by atoms with Gasteiger partial charge in [-0.05, 0) is 42.9 Å². The highest BCUT2D eigenvalue weighted by Gasteiger charge is 2.77. The van der Waals surface area contributed by atoms with Gasteiger partial charge in [-0.2, -0.15) is 0 Å². The molecule has 33 heavy (non-hydrogen) atoms. The number of benzene rings is 1. The summed E-state index contributed by atoms with van der Waals surface area (Å²) in [4.78, 5) is 15.2. The van der Waals surface area contributed by atoms with Crippen molar-refractivity contribution >= 4 is 6.09 Å². The molecule has 4 aliphatic heterocycles. The van der Waals surface area contributed by atoms with Gasteiger partial charge in [0.05, 0.1) is 25.9 Å². The lowest BCUT2D eigenvalue weighted by atomic mass is 9.74. The van der Waals surface area contributed by atoms with Crippen molar-refractivity contribution in [3.05, 3.63) is 28.8 Å². The Balaban J connectivity index is 1.27. The third-order valence-corrected chi connectivity index (χ3v) is 9.12. The lowest BCUT2D eigenvalue weighted by Crippen LogP contribution is -2.57. The van der Waals surface area contributed by atoms with Crippen LogP contribution in [0.4, 0.5) is 4.79 Å². The lowest BCUT2D eigenvalue weighted by molar-refractivity contribution is -0.221. The molecule has 1 unspecified atom stereocenters. The minimum atomic E-state index is -0.803. The fourth-order valence-corrected chi connectivity index (χ4v) is 7.89. The molecule has 2 bridgehead atoms. The molecule has 7 nitrogen and oxygen atoms in total. The quantitative estimate of drug-likeness (QED) is 0.620. The van der Waals surface area contributed by atoms with Crippen molar-refractivity contribution in [2.45, 2.75) is 113 Å². The van der Waals surface area contributed by atoms with Gasteiger partial charge in [0, 0.05) is 37.7 Å². The summed E-state index contributed by atoms with van der Waals surface area (Å²) in [6.07, 6.45) is 6.81. The van der Waals surface area contributed by atoms with Gasteiger partial charge in [-0.3, -0.25) is 4.90 Å². The SMILES string of the molecule is COc1cc(C)cc2c1[C@H](C)CC13O[C@@H]4C[C@]1(C[C@H]1OC5(CCCCC5)O[C@H]14)OC(=O)N3C2. The van der Waals surface area contributed by atoms with E-state index in [0.717, 1.165) is 42.6 Å². The highest BCUT2D eigenvalue weighted by molar-refractivity contribution is 5.74. The van der Waals surface area contributed by atoms with E-state index in [4.69, 9.17) is 23.7 Å². The van der Waals surface area contributed by atoms with Crippen LogP contribution in [0, 0.1) is 6.92 Å². The Morgan fingerprint density at radius 1 is 1.03 bits per heavy atom. The van der Waals surface area contributed by atoms with Crippen molar-refractivity contribution in [1.29, 1.82) is 0 Å². The molecule has 5 fully saturated rings. The topological polar surface area (TPSA) is 66.5 Å². The molecule has 4 heterocycles. The first kappa shape index (κ1) is 20.5. The minimum absolute atomic E-state index is 0.0908. The first-order chi connectivity index (χ1) is 15.9. The zero-order valence-electron chi connectivity index (χ0n) is 19.7. The van der Waals surface area contributed by atoms with E-state index in [-0.39, 0.29) is 30.3 Å². The Hall–Kier alpha value is -1.83. The lowest BCUT2D eigenvalue weighted by Gasteiger charge is -2.41. The van der Waals surface area contributed by atoms with Gasteiger partial charge in [-0.25, -0.2) is 4.79 Å². The van der Waals surface area contributed by atoms with Crippen LogP contribution >= 0.6 is 0 Å². The summed E-state index contributed by atoms with van der Waals surface area (Å²) in [5, 5.41) is 0. The second-order valence-electron chi connectivity index (χ2n) is 11.2. The monoisotopic (exact) mass is 455 g/mol. The molecule has 1 aromatic carbocycles. The molecule has 178 valence electrons. The fraction of sp³-hybridized carbons (Fsp3) is 0.731. The highest BCUT2D eigenvalue weighted by Crippen LogP contribution is 2.63. The van der Waals surface area contributed by atoms with Gasteiger partial charge in [0.2, 0.25) is 0 Å². The maximum atomic E-state index is 13.3. The third kappa shape index (κ3) is 2.59. The minimum Gasteiger partial charge on any atom is -0.496 e. The zero-order valence-corrected chi connectivity index (χ0v) is 19.7. The number of amides is 1. The van der Waals surface area contributed by atoms with Crippen LogP contribution in [-0.4, -0.2) is 53.5 Å². The second kappa shape index (κ2) is 6.64. The van der Waals surface area contributed by atoms with Crippen LogP contribution in [0.15, 0.2) is 12.1 Å². The normalized spacial score (nSPS) is 42.3. The molecule has 7 heteroatoms. The number of fused-ring (bicyclic) bond motifs is 4. The Bertz CT molecular complexity index is 1020. The Morgan fingerprint density at radius 2 is 1.79 bits per heavy atom. The molecule has 6 aliphatic rings. The first-order valence-electron chi connectivity index (χ1n) is 12.6. The van der Waals surface area contributed by atoms with Gasteiger partial charge in [-0.1, -0.05) is 19.4 Å². The number of ether oxygens (including phenoxy) is 5. The van der Waals surface area contributed by atoms with Crippen molar-refractivity contribution in [2.24, 2.45) is 0 Å². The summed E-state index contributed by atoms with van der Waals surface area (Å²) < 4.78 is 32.2. The van der Waals surface area contributed by atoms with E-state index >= 15 is 0 Å². The second-order valence-corrected chi connectivity index (χ2v) is 11.2. The molecule has 6 atom stereocenters. The van der Waals surface area contributed by atoms with Crippen molar-refractivity contribution in [3.63, 3.8) is 0 Å². The molecule has 3 saturated heterocycles. The van der Waals surface area contributed by atoms with Crippen molar-refractivity contribution in [2.75, 3.05) is 7.11 Å². The molecular formula is C26H33NO6.